The highest BCUT2D eigenvalue weighted by Gasteiger charge is 2.43. The van der Waals surface area contributed by atoms with Crippen molar-refractivity contribution in [2.24, 2.45) is 0 Å². The highest BCUT2D eigenvalue weighted by Crippen LogP contribution is 2.32. The zero-order valence-corrected chi connectivity index (χ0v) is 12.1. The molecule has 1 aromatic carbocycles. The van der Waals surface area contributed by atoms with E-state index < -0.39 is 17.2 Å². The average Bonchev–Trinajstić information content (AvgIpc) is 2.51. The molecule has 0 heterocycles. The number of methoxy groups -OCH3 is 1. The molecule has 0 bridgehead atoms. The number of carbonyl (C=O) groups is 1. The first-order chi connectivity index (χ1) is 10.0. The minimum Gasteiger partial charge on any atom is -0.487 e. The van der Waals surface area contributed by atoms with Gasteiger partial charge in [0.2, 0.25) is 5.82 Å². The maximum Gasteiger partial charge on any atom is 0.326 e. The molecule has 0 amide bonds. The second kappa shape index (κ2) is 6.39. The molecule has 1 fully saturated rings. The molecule has 1 aromatic rings. The molecule has 116 valence electrons. The van der Waals surface area contributed by atoms with Crippen molar-refractivity contribution in [3.8, 4) is 5.75 Å². The third kappa shape index (κ3) is 3.15. The number of ether oxygens (including phenoxy) is 2. The molecule has 21 heavy (non-hydrogen) atoms. The van der Waals surface area contributed by atoms with E-state index in [1.165, 1.54) is 19.2 Å². The van der Waals surface area contributed by atoms with Gasteiger partial charge in [0.05, 0.1) is 7.11 Å². The number of carbonyl (C=O) groups excluding carboxylic acids is 1. The molecule has 2 rings (SSSR count). The first-order valence-corrected chi connectivity index (χ1v) is 6.90. The van der Waals surface area contributed by atoms with Crippen LogP contribution in [0.15, 0.2) is 18.2 Å². The van der Waals surface area contributed by atoms with Gasteiger partial charge >= 0.3 is 5.97 Å². The van der Waals surface area contributed by atoms with E-state index in [4.69, 9.17) is 9.47 Å². The van der Waals surface area contributed by atoms with E-state index in [1.54, 1.807) is 7.05 Å². The highest BCUT2D eigenvalue weighted by atomic mass is 19.2. The number of nitrogens with one attached hydrogen (secondary N) is 1. The number of halogens is 2. The fourth-order valence-electron chi connectivity index (χ4n) is 2.79. The molecular formula is C15H19F2NO3. The van der Waals surface area contributed by atoms with Gasteiger partial charge in [0.25, 0.3) is 0 Å². The number of rotatable bonds is 4. The molecule has 6 heteroatoms. The van der Waals surface area contributed by atoms with Gasteiger partial charge in [-0.25, -0.2) is 4.39 Å². The van der Waals surface area contributed by atoms with E-state index in [2.05, 4.69) is 5.32 Å². The van der Waals surface area contributed by atoms with Crippen LogP contribution < -0.4 is 10.1 Å². The van der Waals surface area contributed by atoms with Gasteiger partial charge in [0.1, 0.15) is 11.6 Å². The van der Waals surface area contributed by atoms with Crippen LogP contribution in [-0.2, 0) is 9.53 Å². The predicted molar refractivity (Wildman–Crippen MR) is 73.0 cm³/mol. The third-order valence-electron chi connectivity index (χ3n) is 3.97. The Balaban J connectivity index is 2.14. The average molecular weight is 299 g/mol. The molecule has 0 spiro atoms. The minimum atomic E-state index is -1.00. The van der Waals surface area contributed by atoms with Crippen LogP contribution in [0.25, 0.3) is 0 Å². The van der Waals surface area contributed by atoms with E-state index in [9.17, 15) is 13.6 Å². The van der Waals surface area contributed by atoms with Crippen LogP contribution in [0.1, 0.15) is 25.7 Å². The van der Waals surface area contributed by atoms with Crippen molar-refractivity contribution in [2.75, 3.05) is 14.2 Å². The Morgan fingerprint density at radius 2 is 2.19 bits per heavy atom. The lowest BCUT2D eigenvalue weighted by Gasteiger charge is -2.38. The molecule has 4 nitrogen and oxygen atoms in total. The maximum atomic E-state index is 13.6. The van der Waals surface area contributed by atoms with Gasteiger partial charge in [-0.2, -0.15) is 4.39 Å². The van der Waals surface area contributed by atoms with Gasteiger partial charge in [0, 0.05) is 6.42 Å². The van der Waals surface area contributed by atoms with E-state index >= 15 is 0 Å². The van der Waals surface area contributed by atoms with Gasteiger partial charge in [-0.15, -0.1) is 0 Å². The summed E-state index contributed by atoms with van der Waals surface area (Å²) in [7, 11) is 3.01. The first-order valence-electron chi connectivity index (χ1n) is 6.90. The van der Waals surface area contributed by atoms with Crippen LogP contribution in [0.5, 0.6) is 5.75 Å². The van der Waals surface area contributed by atoms with Crippen LogP contribution in [0.2, 0.25) is 0 Å². The summed E-state index contributed by atoms with van der Waals surface area (Å²) in [5.41, 5.74) is -0.832. The fourth-order valence-corrected chi connectivity index (χ4v) is 2.79. The standard InChI is InChI=1S/C15H19F2NO3/c1-18-15(14(19)20-2)8-4-5-10(9-15)21-12-7-3-6-11(16)13(12)17/h3,6-7,10,18H,4-5,8-9H2,1-2H3. The van der Waals surface area contributed by atoms with E-state index in [0.717, 1.165) is 12.5 Å². The molecule has 0 saturated heterocycles. The quantitative estimate of drug-likeness (QED) is 0.867. The Morgan fingerprint density at radius 3 is 2.86 bits per heavy atom. The summed E-state index contributed by atoms with van der Waals surface area (Å²) in [6.45, 7) is 0. The van der Waals surface area contributed by atoms with E-state index in [-0.39, 0.29) is 17.8 Å². The molecule has 2 unspecified atom stereocenters. The Morgan fingerprint density at radius 1 is 1.43 bits per heavy atom. The summed E-state index contributed by atoms with van der Waals surface area (Å²) in [6, 6.07) is 3.81. The summed E-state index contributed by atoms with van der Waals surface area (Å²) in [4.78, 5) is 12.0. The lowest BCUT2D eigenvalue weighted by Crippen LogP contribution is -2.55. The summed E-state index contributed by atoms with van der Waals surface area (Å²) in [5, 5.41) is 2.99. The number of benzene rings is 1. The Bertz CT molecular complexity index is 524. The van der Waals surface area contributed by atoms with Crippen molar-refractivity contribution < 1.29 is 23.0 Å². The lowest BCUT2D eigenvalue weighted by molar-refractivity contribution is -0.151. The van der Waals surface area contributed by atoms with Gasteiger partial charge < -0.3 is 14.8 Å². The van der Waals surface area contributed by atoms with Gasteiger partial charge in [-0.05, 0) is 38.4 Å². The van der Waals surface area contributed by atoms with Crippen LogP contribution in [0.4, 0.5) is 8.78 Å². The van der Waals surface area contributed by atoms with E-state index in [1.807, 2.05) is 0 Å². The van der Waals surface area contributed by atoms with Crippen molar-refractivity contribution in [3.63, 3.8) is 0 Å². The third-order valence-corrected chi connectivity index (χ3v) is 3.97. The van der Waals surface area contributed by atoms with Crippen LogP contribution in [0.3, 0.4) is 0 Å². The topological polar surface area (TPSA) is 47.6 Å². The molecule has 1 aliphatic rings. The second-order valence-electron chi connectivity index (χ2n) is 5.21. The summed E-state index contributed by atoms with van der Waals surface area (Å²) in [5.74, 6) is -2.44. The lowest BCUT2D eigenvalue weighted by atomic mass is 9.80. The molecule has 2 atom stereocenters. The summed E-state index contributed by atoms with van der Waals surface area (Å²) in [6.07, 6.45) is 2.02. The summed E-state index contributed by atoms with van der Waals surface area (Å²) < 4.78 is 37.2. The predicted octanol–water partition coefficient (Wildman–Crippen LogP) is 2.42. The molecular weight excluding hydrogens is 280 g/mol. The monoisotopic (exact) mass is 299 g/mol. The minimum absolute atomic E-state index is 0.128. The van der Waals surface area contributed by atoms with Crippen LogP contribution >= 0.6 is 0 Å². The maximum absolute atomic E-state index is 13.6. The smallest absolute Gasteiger partial charge is 0.326 e. The Kier molecular flexibility index (Phi) is 4.77. The number of likely N-dealkylation sites (N-methyl/N-ethyl adjacent to an activating group) is 1. The van der Waals surface area contributed by atoms with Crippen molar-refractivity contribution in [2.45, 2.75) is 37.3 Å². The fraction of sp³-hybridized carbons (Fsp3) is 0.533. The second-order valence-corrected chi connectivity index (χ2v) is 5.21. The Hall–Kier alpha value is -1.69. The van der Waals surface area contributed by atoms with Crippen molar-refractivity contribution in [1.29, 1.82) is 0 Å². The summed E-state index contributed by atoms with van der Waals surface area (Å²) >= 11 is 0. The zero-order valence-electron chi connectivity index (χ0n) is 12.1. The molecule has 0 aliphatic heterocycles. The number of hydrogen-bond acceptors (Lipinski definition) is 4. The van der Waals surface area contributed by atoms with Gasteiger partial charge in [-0.3, -0.25) is 4.79 Å². The molecule has 0 radical (unpaired) electrons. The molecule has 1 N–H and O–H groups in total. The Labute approximate surface area is 122 Å². The number of hydrogen-bond donors (Lipinski definition) is 1. The van der Waals surface area contributed by atoms with Gasteiger partial charge in [0.15, 0.2) is 11.6 Å². The van der Waals surface area contributed by atoms with Crippen molar-refractivity contribution >= 4 is 5.97 Å². The normalized spacial score (nSPS) is 25.4. The van der Waals surface area contributed by atoms with Crippen LogP contribution in [0, 0.1) is 11.6 Å². The highest BCUT2D eigenvalue weighted by molar-refractivity contribution is 5.81. The number of esters is 1. The molecule has 1 saturated carbocycles. The van der Waals surface area contributed by atoms with Crippen molar-refractivity contribution in [1.82, 2.24) is 5.32 Å². The molecule has 0 aromatic heterocycles. The van der Waals surface area contributed by atoms with Crippen LogP contribution in [-0.4, -0.2) is 31.8 Å². The van der Waals surface area contributed by atoms with Gasteiger partial charge in [-0.1, -0.05) is 6.07 Å². The zero-order chi connectivity index (χ0) is 15.5. The van der Waals surface area contributed by atoms with Crippen molar-refractivity contribution in [3.05, 3.63) is 29.8 Å². The first kappa shape index (κ1) is 15.7. The van der Waals surface area contributed by atoms with E-state index in [0.29, 0.717) is 19.3 Å². The largest absolute Gasteiger partial charge is 0.487 e. The SMILES string of the molecule is CNC1(C(=O)OC)CCCC(Oc2cccc(F)c2F)C1. The molecule has 1 aliphatic carbocycles.